The fourth-order valence-corrected chi connectivity index (χ4v) is 12.6. The van der Waals surface area contributed by atoms with Crippen LogP contribution in [0.3, 0.4) is 0 Å². The van der Waals surface area contributed by atoms with E-state index in [4.69, 9.17) is 9.47 Å². The summed E-state index contributed by atoms with van der Waals surface area (Å²) >= 11 is 0. The zero-order valence-electron chi connectivity index (χ0n) is 23.3. The Labute approximate surface area is 216 Å². The quantitative estimate of drug-likeness (QED) is 0.435. The molecule has 2 heterocycles. The van der Waals surface area contributed by atoms with Gasteiger partial charge in [-0.15, -0.1) is 0 Å². The molecule has 7 aliphatic rings. The van der Waals surface area contributed by atoms with Gasteiger partial charge in [-0.3, -0.25) is 0 Å². The first kappa shape index (κ1) is 24.8. The summed E-state index contributed by atoms with van der Waals surface area (Å²) in [4.78, 5) is 0. The van der Waals surface area contributed by atoms with Gasteiger partial charge in [0.15, 0.2) is 5.79 Å². The van der Waals surface area contributed by atoms with Crippen LogP contribution in [0.5, 0.6) is 0 Å². The van der Waals surface area contributed by atoms with Crippen LogP contribution >= 0.6 is 0 Å². The zero-order chi connectivity index (χ0) is 26.1. The van der Waals surface area contributed by atoms with Crippen molar-refractivity contribution in [2.45, 2.75) is 135 Å². The number of aliphatic hydroxyl groups is 4. The van der Waals surface area contributed by atoms with Crippen LogP contribution in [-0.4, -0.2) is 62.3 Å². The van der Waals surface area contributed by atoms with Gasteiger partial charge in [0.2, 0.25) is 0 Å². The van der Waals surface area contributed by atoms with Gasteiger partial charge in [-0.2, -0.15) is 0 Å². The second-order valence-corrected chi connectivity index (χ2v) is 16.0. The van der Waals surface area contributed by atoms with E-state index in [2.05, 4.69) is 34.6 Å². The molecule has 0 aromatic heterocycles. The molecule has 0 aromatic carbocycles. The number of aliphatic hydroxyl groups excluding tert-OH is 3. The Bertz CT molecular complexity index is 990. The van der Waals surface area contributed by atoms with Gasteiger partial charge in [0.05, 0.1) is 17.8 Å². The summed E-state index contributed by atoms with van der Waals surface area (Å²) in [5.74, 6) is -0.542. The fourth-order valence-electron chi connectivity index (χ4n) is 12.6. The minimum atomic E-state index is -1.19. The Morgan fingerprint density at radius 2 is 1.47 bits per heavy atom. The summed E-state index contributed by atoms with van der Waals surface area (Å²) in [5, 5.41) is 45.8. The molecule has 0 aromatic rings. The van der Waals surface area contributed by atoms with E-state index in [0.717, 1.165) is 38.5 Å². The highest BCUT2D eigenvalue weighted by atomic mass is 16.8. The van der Waals surface area contributed by atoms with Crippen molar-refractivity contribution < 1.29 is 29.9 Å². The molecule has 2 aliphatic heterocycles. The number of hydrogen-bond donors (Lipinski definition) is 4. The molecule has 14 atom stereocenters. The largest absolute Gasteiger partial charge is 0.393 e. The number of rotatable bonds is 1. The van der Waals surface area contributed by atoms with Gasteiger partial charge < -0.3 is 29.9 Å². The van der Waals surface area contributed by atoms with Crippen molar-refractivity contribution in [3.63, 3.8) is 0 Å². The van der Waals surface area contributed by atoms with Gasteiger partial charge in [0.25, 0.3) is 0 Å². The smallest absolute Gasteiger partial charge is 0.199 e. The Morgan fingerprint density at radius 1 is 0.833 bits per heavy atom. The molecular formula is C30H48O6. The van der Waals surface area contributed by atoms with Crippen LogP contribution in [0.15, 0.2) is 0 Å². The zero-order valence-corrected chi connectivity index (χ0v) is 23.3. The van der Waals surface area contributed by atoms with E-state index < -0.39 is 41.2 Å². The molecule has 36 heavy (non-hydrogen) atoms. The number of hydrogen-bond acceptors (Lipinski definition) is 6. The van der Waals surface area contributed by atoms with Gasteiger partial charge in [-0.1, -0.05) is 34.6 Å². The van der Waals surface area contributed by atoms with Gasteiger partial charge in [0, 0.05) is 11.3 Å². The standard InChI is InChI=1S/C30H48O6/c1-15-19(32)20-22(25(4,5)34)36-30(35-20)21(15)26(6)12-13-29-14-28(29)11-10-18(31)24(2,3)16(28)8-9-17(29)27(26,7)23(30)33/h15-23,31-34H,8-14H2,1-7H3/t15-,16?,17?,18?,19?,20?,21?,22?,23-,26?,27?,28?,29?,30?/m1/s1. The lowest BCUT2D eigenvalue weighted by Crippen LogP contribution is -2.60. The van der Waals surface area contributed by atoms with E-state index in [0.29, 0.717) is 11.8 Å². The van der Waals surface area contributed by atoms with Gasteiger partial charge in [-0.25, -0.2) is 0 Å². The topological polar surface area (TPSA) is 99.4 Å². The summed E-state index contributed by atoms with van der Waals surface area (Å²) in [7, 11) is 0. The first-order chi connectivity index (χ1) is 16.5. The second kappa shape index (κ2) is 6.55. The van der Waals surface area contributed by atoms with Crippen LogP contribution in [0.25, 0.3) is 0 Å². The Hall–Kier alpha value is -0.240. The van der Waals surface area contributed by atoms with E-state index in [1.165, 1.54) is 6.42 Å². The van der Waals surface area contributed by atoms with E-state index in [1.807, 2.05) is 0 Å². The van der Waals surface area contributed by atoms with E-state index in [9.17, 15) is 20.4 Å². The first-order valence-corrected chi connectivity index (χ1v) is 14.7. The molecule has 4 N–H and O–H groups in total. The minimum Gasteiger partial charge on any atom is -0.393 e. The Balaban J connectivity index is 1.34. The average molecular weight is 505 g/mol. The Kier molecular flexibility index (Phi) is 4.51. The van der Waals surface area contributed by atoms with Crippen molar-refractivity contribution >= 4 is 0 Å². The number of fused-ring (bicyclic) bond motifs is 4. The lowest BCUT2D eigenvalue weighted by atomic mass is 9.41. The highest BCUT2D eigenvalue weighted by Crippen LogP contribution is 2.90. The molecule has 2 saturated heterocycles. The molecule has 0 amide bonds. The van der Waals surface area contributed by atoms with Crippen molar-refractivity contribution in [1.29, 1.82) is 0 Å². The molecule has 5 saturated carbocycles. The maximum absolute atomic E-state index is 12.5. The molecule has 12 unspecified atom stereocenters. The van der Waals surface area contributed by atoms with Crippen molar-refractivity contribution in [1.82, 2.24) is 0 Å². The highest BCUT2D eigenvalue weighted by molar-refractivity contribution is 5.34. The van der Waals surface area contributed by atoms with Crippen molar-refractivity contribution in [2.75, 3.05) is 0 Å². The predicted octanol–water partition coefficient (Wildman–Crippen LogP) is 3.63. The third-order valence-electron chi connectivity index (χ3n) is 14.3. The third kappa shape index (κ3) is 2.29. The molecule has 5 aliphatic carbocycles. The molecule has 7 rings (SSSR count). The third-order valence-corrected chi connectivity index (χ3v) is 14.3. The normalized spacial score (nSPS) is 64.6. The summed E-state index contributed by atoms with van der Waals surface area (Å²) < 4.78 is 13.3. The molecule has 204 valence electrons. The Morgan fingerprint density at radius 3 is 2.14 bits per heavy atom. The molecule has 7 fully saturated rings. The molecular weight excluding hydrogens is 456 g/mol. The maximum atomic E-state index is 12.5. The molecule has 2 bridgehead atoms. The molecule has 6 heteroatoms. The summed E-state index contributed by atoms with van der Waals surface area (Å²) in [6, 6.07) is 0. The lowest BCUT2D eigenvalue weighted by Gasteiger charge is -2.63. The number of ether oxygens (including phenoxy) is 2. The van der Waals surface area contributed by atoms with Crippen molar-refractivity contribution in [3.8, 4) is 0 Å². The molecule has 0 radical (unpaired) electrons. The van der Waals surface area contributed by atoms with E-state index >= 15 is 0 Å². The van der Waals surface area contributed by atoms with E-state index in [1.54, 1.807) is 13.8 Å². The summed E-state index contributed by atoms with van der Waals surface area (Å²) in [6.45, 7) is 14.7. The maximum Gasteiger partial charge on any atom is 0.199 e. The first-order valence-electron chi connectivity index (χ1n) is 14.7. The molecule has 6 nitrogen and oxygen atoms in total. The van der Waals surface area contributed by atoms with Crippen LogP contribution < -0.4 is 0 Å². The van der Waals surface area contributed by atoms with Gasteiger partial charge >= 0.3 is 0 Å². The summed E-state index contributed by atoms with van der Waals surface area (Å²) in [5.41, 5.74) is -1.44. The van der Waals surface area contributed by atoms with Crippen LogP contribution in [0.2, 0.25) is 0 Å². The average Bonchev–Trinajstić information content (AvgIpc) is 3.27. The van der Waals surface area contributed by atoms with Crippen LogP contribution in [0, 0.1) is 50.7 Å². The van der Waals surface area contributed by atoms with Crippen LogP contribution in [0.1, 0.15) is 93.4 Å². The van der Waals surface area contributed by atoms with Crippen molar-refractivity contribution in [2.24, 2.45) is 50.7 Å². The van der Waals surface area contributed by atoms with Crippen LogP contribution in [-0.2, 0) is 9.47 Å². The fraction of sp³-hybridized carbons (Fsp3) is 1.00. The monoisotopic (exact) mass is 504 g/mol. The van der Waals surface area contributed by atoms with Crippen LogP contribution in [0.4, 0.5) is 0 Å². The minimum absolute atomic E-state index is 0.0706. The van der Waals surface area contributed by atoms with Gasteiger partial charge in [0.1, 0.15) is 18.3 Å². The molecule has 3 spiro atoms. The van der Waals surface area contributed by atoms with Crippen molar-refractivity contribution in [3.05, 3.63) is 0 Å². The summed E-state index contributed by atoms with van der Waals surface area (Å²) in [6.07, 6.45) is 4.37. The van der Waals surface area contributed by atoms with E-state index in [-0.39, 0.29) is 39.6 Å². The van der Waals surface area contributed by atoms with Gasteiger partial charge in [-0.05, 0) is 98.2 Å². The lowest BCUT2D eigenvalue weighted by molar-refractivity contribution is -0.295. The highest BCUT2D eigenvalue weighted by Gasteiger charge is 2.88. The predicted molar refractivity (Wildman–Crippen MR) is 134 cm³/mol. The second-order valence-electron chi connectivity index (χ2n) is 16.0. The SMILES string of the molecule is C[C@@H]1C(O)C2OC3(OC2C(C)(C)O)C1C1(C)CCC24CC25CCC(O)C(C)(C)C5CCC4C1(C)[C@H]3O.